The van der Waals surface area contributed by atoms with E-state index in [0.717, 1.165) is 17.7 Å². The Balaban J connectivity index is 2.27. The Morgan fingerprint density at radius 2 is 2.00 bits per heavy atom. The van der Waals surface area contributed by atoms with Gasteiger partial charge in [0.2, 0.25) is 0 Å². The Labute approximate surface area is 125 Å². The average Bonchev–Trinajstić information content (AvgIpc) is 2.28. The Kier molecular flexibility index (Phi) is 4.34. The summed E-state index contributed by atoms with van der Waals surface area (Å²) in [6.07, 6.45) is 0.935. The highest BCUT2D eigenvalue weighted by atomic mass is 35.5. The van der Waals surface area contributed by atoms with E-state index in [4.69, 9.17) is 27.9 Å². The van der Waals surface area contributed by atoms with E-state index in [1.807, 2.05) is 6.07 Å². The largest absolute Gasteiger partial charge is 0.492 e. The normalized spacial score (nSPS) is 20.6. The van der Waals surface area contributed by atoms with Crippen LogP contribution in [0.5, 0.6) is 5.75 Å². The van der Waals surface area contributed by atoms with E-state index >= 15 is 0 Å². The van der Waals surface area contributed by atoms with Crippen molar-refractivity contribution < 1.29 is 4.74 Å². The third-order valence-electron chi connectivity index (χ3n) is 3.82. The van der Waals surface area contributed by atoms with Crippen LogP contribution in [0.2, 0.25) is 10.0 Å². The fourth-order valence-electron chi connectivity index (χ4n) is 2.15. The zero-order valence-corrected chi connectivity index (χ0v) is 13.4. The summed E-state index contributed by atoms with van der Waals surface area (Å²) in [5, 5.41) is 4.92. The molecule has 2 nitrogen and oxygen atoms in total. The number of rotatable bonds is 2. The number of ether oxygens (including phenoxy) is 1. The second-order valence-electron chi connectivity index (χ2n) is 6.25. The fraction of sp³-hybridized carbons (Fsp3) is 0.600. The summed E-state index contributed by atoms with van der Waals surface area (Å²) >= 11 is 12.3. The van der Waals surface area contributed by atoms with E-state index in [1.54, 1.807) is 6.07 Å². The average molecular weight is 302 g/mol. The van der Waals surface area contributed by atoms with Crippen LogP contribution in [-0.2, 0) is 0 Å². The van der Waals surface area contributed by atoms with Crippen LogP contribution < -0.4 is 10.1 Å². The maximum atomic E-state index is 6.20. The topological polar surface area (TPSA) is 21.3 Å². The van der Waals surface area contributed by atoms with Crippen LogP contribution >= 0.6 is 23.2 Å². The number of hydrogen-bond donors (Lipinski definition) is 1. The summed E-state index contributed by atoms with van der Waals surface area (Å²) < 4.78 is 5.68. The molecule has 2 rings (SSSR count). The van der Waals surface area contributed by atoms with E-state index in [1.165, 1.54) is 0 Å². The van der Waals surface area contributed by atoms with Gasteiger partial charge in [-0.1, -0.05) is 44.0 Å². The lowest BCUT2D eigenvalue weighted by molar-refractivity contribution is 0.210. The van der Waals surface area contributed by atoms with Crippen molar-refractivity contribution in [1.82, 2.24) is 5.32 Å². The minimum absolute atomic E-state index is 0.209. The maximum Gasteiger partial charge on any atom is 0.142 e. The molecule has 0 saturated heterocycles. The molecule has 0 fully saturated rings. The van der Waals surface area contributed by atoms with Crippen LogP contribution in [-0.4, -0.2) is 12.6 Å². The van der Waals surface area contributed by atoms with Gasteiger partial charge < -0.3 is 10.1 Å². The van der Waals surface area contributed by atoms with Crippen LogP contribution in [0.1, 0.15) is 45.7 Å². The van der Waals surface area contributed by atoms with Gasteiger partial charge in [-0.05, 0) is 24.5 Å². The Morgan fingerprint density at radius 1 is 1.32 bits per heavy atom. The van der Waals surface area contributed by atoms with Crippen molar-refractivity contribution in [3.05, 3.63) is 27.7 Å². The van der Waals surface area contributed by atoms with Crippen LogP contribution in [0.3, 0.4) is 0 Å². The van der Waals surface area contributed by atoms with Gasteiger partial charge in [0.15, 0.2) is 0 Å². The lowest BCUT2D eigenvalue weighted by Gasteiger charge is -2.35. The molecule has 0 saturated carbocycles. The molecular formula is C15H21Cl2NO. The predicted molar refractivity (Wildman–Crippen MR) is 81.4 cm³/mol. The summed E-state index contributed by atoms with van der Waals surface area (Å²) in [7, 11) is 0. The van der Waals surface area contributed by atoms with Gasteiger partial charge in [-0.25, -0.2) is 0 Å². The van der Waals surface area contributed by atoms with E-state index < -0.39 is 0 Å². The van der Waals surface area contributed by atoms with Crippen molar-refractivity contribution >= 4 is 23.2 Å². The van der Waals surface area contributed by atoms with Gasteiger partial charge in [-0.3, -0.25) is 0 Å². The molecule has 1 heterocycles. The quantitative estimate of drug-likeness (QED) is 0.844. The second-order valence-corrected chi connectivity index (χ2v) is 7.09. The summed E-state index contributed by atoms with van der Waals surface area (Å²) in [6.45, 7) is 9.59. The number of halogens is 2. The minimum Gasteiger partial charge on any atom is -0.492 e. The molecule has 106 valence electrons. The smallest absolute Gasteiger partial charge is 0.142 e. The number of nitrogens with one attached hydrogen (secondary N) is 1. The van der Waals surface area contributed by atoms with E-state index in [-0.39, 0.29) is 11.5 Å². The lowest BCUT2D eigenvalue weighted by atomic mass is 9.86. The molecule has 0 spiro atoms. The molecule has 1 aliphatic heterocycles. The third kappa shape index (κ3) is 3.36. The van der Waals surface area contributed by atoms with Gasteiger partial charge >= 0.3 is 0 Å². The summed E-state index contributed by atoms with van der Waals surface area (Å²) in [6, 6.07) is 4.32. The molecule has 19 heavy (non-hydrogen) atoms. The molecule has 1 aromatic carbocycles. The first-order chi connectivity index (χ1) is 8.79. The zero-order chi connectivity index (χ0) is 14.2. The molecule has 1 aromatic rings. The van der Waals surface area contributed by atoms with Crippen LogP contribution in [0.4, 0.5) is 0 Å². The summed E-state index contributed by atoms with van der Waals surface area (Å²) in [5.74, 6) is 0.774. The first-order valence-corrected chi connectivity index (χ1v) is 7.42. The van der Waals surface area contributed by atoms with Gasteiger partial charge in [-0.2, -0.15) is 0 Å². The second kappa shape index (κ2) is 5.51. The van der Waals surface area contributed by atoms with Crippen molar-refractivity contribution in [2.75, 3.05) is 6.61 Å². The maximum absolute atomic E-state index is 6.20. The first kappa shape index (κ1) is 15.0. The van der Waals surface area contributed by atoms with Gasteiger partial charge in [0.25, 0.3) is 0 Å². The highest BCUT2D eigenvalue weighted by molar-refractivity contribution is 6.35. The highest BCUT2D eigenvalue weighted by Gasteiger charge is 2.28. The van der Waals surface area contributed by atoms with Gasteiger partial charge in [0.05, 0.1) is 11.6 Å². The van der Waals surface area contributed by atoms with E-state index in [2.05, 4.69) is 33.0 Å². The molecule has 0 amide bonds. The SMILES string of the molecule is CC(NC1CCOc2c(Cl)cc(Cl)cc21)C(C)(C)C. The zero-order valence-electron chi connectivity index (χ0n) is 11.9. The number of hydrogen-bond acceptors (Lipinski definition) is 2. The van der Waals surface area contributed by atoms with Crippen molar-refractivity contribution in [1.29, 1.82) is 0 Å². The third-order valence-corrected chi connectivity index (χ3v) is 4.31. The predicted octanol–water partition coefficient (Wildman–Crippen LogP) is 4.84. The first-order valence-electron chi connectivity index (χ1n) is 6.67. The summed E-state index contributed by atoms with van der Waals surface area (Å²) in [4.78, 5) is 0. The molecule has 0 aromatic heterocycles. The van der Waals surface area contributed by atoms with Gasteiger partial charge in [0.1, 0.15) is 5.75 Å². The molecule has 1 N–H and O–H groups in total. The van der Waals surface area contributed by atoms with E-state index in [9.17, 15) is 0 Å². The Morgan fingerprint density at radius 3 is 2.63 bits per heavy atom. The van der Waals surface area contributed by atoms with Crippen molar-refractivity contribution in [3.8, 4) is 5.75 Å². The van der Waals surface area contributed by atoms with Gasteiger partial charge in [0, 0.05) is 29.1 Å². The number of fused-ring (bicyclic) bond motifs is 1. The van der Waals surface area contributed by atoms with Crippen molar-refractivity contribution in [2.45, 2.75) is 46.2 Å². The van der Waals surface area contributed by atoms with E-state index in [0.29, 0.717) is 22.7 Å². The summed E-state index contributed by atoms with van der Waals surface area (Å²) in [5.41, 5.74) is 1.28. The fourth-order valence-corrected chi connectivity index (χ4v) is 2.71. The lowest BCUT2D eigenvalue weighted by Crippen LogP contribution is -2.41. The number of benzene rings is 1. The molecule has 1 aliphatic rings. The monoisotopic (exact) mass is 301 g/mol. The van der Waals surface area contributed by atoms with Crippen molar-refractivity contribution in [2.24, 2.45) is 5.41 Å². The van der Waals surface area contributed by atoms with Crippen LogP contribution in [0, 0.1) is 5.41 Å². The Hall–Kier alpha value is -0.440. The molecule has 2 atom stereocenters. The highest BCUT2D eigenvalue weighted by Crippen LogP contribution is 2.40. The molecular weight excluding hydrogens is 281 g/mol. The Bertz CT molecular complexity index is 468. The minimum atomic E-state index is 0.209. The molecule has 0 aliphatic carbocycles. The van der Waals surface area contributed by atoms with Gasteiger partial charge in [-0.15, -0.1) is 0 Å². The molecule has 2 unspecified atom stereocenters. The molecule has 0 radical (unpaired) electrons. The van der Waals surface area contributed by atoms with Crippen molar-refractivity contribution in [3.63, 3.8) is 0 Å². The standard InChI is InChI=1S/C15H21Cl2NO/c1-9(15(2,3)4)18-13-5-6-19-14-11(13)7-10(16)8-12(14)17/h7-9,13,18H,5-6H2,1-4H3. The molecule has 4 heteroatoms. The van der Waals surface area contributed by atoms with Crippen LogP contribution in [0.15, 0.2) is 12.1 Å². The molecule has 0 bridgehead atoms. The van der Waals surface area contributed by atoms with Crippen LogP contribution in [0.25, 0.3) is 0 Å².